The van der Waals surface area contributed by atoms with Gasteiger partial charge in [0.1, 0.15) is 17.8 Å². The van der Waals surface area contributed by atoms with Gasteiger partial charge in [-0.05, 0) is 50.6 Å². The molecule has 0 bridgehead atoms. The van der Waals surface area contributed by atoms with Crippen LogP contribution in [0.1, 0.15) is 43.2 Å². The molecule has 1 aliphatic rings. The van der Waals surface area contributed by atoms with Crippen molar-refractivity contribution in [2.45, 2.75) is 58.7 Å². The van der Waals surface area contributed by atoms with Crippen molar-refractivity contribution >= 4 is 34.0 Å². The SMILES string of the molecule is CONC(=O)C1(C)N(S(=O)Oc2ccc(C)cc2)Cc2c(c3cc(C)ccc3n2CC(=O)O)C1(C)C. The number of carboxylic acids is 1. The van der Waals surface area contributed by atoms with Crippen LogP contribution in [-0.2, 0) is 44.2 Å². The first-order chi connectivity index (χ1) is 16.9. The Morgan fingerprint density at radius 2 is 1.72 bits per heavy atom. The zero-order chi connectivity index (χ0) is 26.4. The lowest BCUT2D eigenvalue weighted by atomic mass is 9.65. The molecular formula is C26H31N3O6S. The van der Waals surface area contributed by atoms with Crippen LogP contribution in [-0.4, -0.2) is 42.7 Å². The Morgan fingerprint density at radius 1 is 1.08 bits per heavy atom. The molecule has 36 heavy (non-hydrogen) atoms. The Bertz CT molecular complexity index is 1360. The molecule has 1 amide bonds. The number of nitrogens with one attached hydrogen (secondary N) is 1. The summed E-state index contributed by atoms with van der Waals surface area (Å²) in [5.74, 6) is -1.10. The Hall–Kier alpha value is -3.21. The standard InChI is InChI=1S/C26H31N3O6S/c1-16-7-10-18(11-8-16)35-36(33)29-14-21-23(25(3,4)26(29,5)24(32)27-34-6)19-13-17(2)9-12-20(19)28(21)15-22(30)31/h7-13H,14-15H2,1-6H3,(H,27,32)(H,30,31). The van der Waals surface area contributed by atoms with Gasteiger partial charge in [-0.2, -0.15) is 8.51 Å². The van der Waals surface area contributed by atoms with Crippen molar-refractivity contribution in [3.63, 3.8) is 0 Å². The number of carboxylic acid groups (broad SMARTS) is 1. The van der Waals surface area contributed by atoms with E-state index in [-0.39, 0.29) is 13.1 Å². The number of amides is 1. The molecule has 192 valence electrons. The number of carbonyl (C=O) groups is 2. The minimum Gasteiger partial charge on any atom is -0.480 e. The number of aryl methyl sites for hydroxylation is 2. The van der Waals surface area contributed by atoms with Crippen LogP contribution in [0.3, 0.4) is 0 Å². The molecule has 2 unspecified atom stereocenters. The molecule has 10 heteroatoms. The van der Waals surface area contributed by atoms with E-state index in [4.69, 9.17) is 9.02 Å². The highest BCUT2D eigenvalue weighted by Crippen LogP contribution is 2.50. The van der Waals surface area contributed by atoms with E-state index in [0.29, 0.717) is 11.4 Å². The monoisotopic (exact) mass is 513 g/mol. The summed E-state index contributed by atoms with van der Waals surface area (Å²) in [5.41, 5.74) is 4.37. The molecule has 2 aromatic carbocycles. The van der Waals surface area contributed by atoms with Gasteiger partial charge in [0, 0.05) is 22.0 Å². The van der Waals surface area contributed by atoms with Gasteiger partial charge in [-0.1, -0.05) is 43.2 Å². The van der Waals surface area contributed by atoms with Gasteiger partial charge in [0.2, 0.25) is 0 Å². The molecule has 0 saturated heterocycles. The van der Waals surface area contributed by atoms with Gasteiger partial charge < -0.3 is 13.9 Å². The second-order valence-electron chi connectivity index (χ2n) is 9.80. The number of fused-ring (bicyclic) bond motifs is 3. The van der Waals surface area contributed by atoms with Crippen LogP contribution >= 0.6 is 0 Å². The second kappa shape index (κ2) is 9.34. The van der Waals surface area contributed by atoms with Gasteiger partial charge in [-0.25, -0.2) is 5.48 Å². The smallest absolute Gasteiger partial charge is 0.323 e. The van der Waals surface area contributed by atoms with Crippen molar-refractivity contribution in [2.24, 2.45) is 0 Å². The normalized spacial score (nSPS) is 20.1. The lowest BCUT2D eigenvalue weighted by molar-refractivity contribution is -0.145. The number of carbonyl (C=O) groups excluding carboxylic acids is 1. The summed E-state index contributed by atoms with van der Waals surface area (Å²) >= 11 is -2.10. The fourth-order valence-electron chi connectivity index (χ4n) is 5.06. The summed E-state index contributed by atoms with van der Waals surface area (Å²) in [6, 6.07) is 12.9. The number of hydroxylamine groups is 1. The number of hydrogen-bond donors (Lipinski definition) is 2. The maximum absolute atomic E-state index is 13.7. The van der Waals surface area contributed by atoms with Crippen LogP contribution in [0.25, 0.3) is 10.9 Å². The van der Waals surface area contributed by atoms with Gasteiger partial charge in [0.15, 0.2) is 0 Å². The Kier molecular flexibility index (Phi) is 6.72. The summed E-state index contributed by atoms with van der Waals surface area (Å²) in [7, 11) is 1.34. The van der Waals surface area contributed by atoms with Crippen LogP contribution in [0, 0.1) is 13.8 Å². The summed E-state index contributed by atoms with van der Waals surface area (Å²) in [4.78, 5) is 30.4. The number of nitrogens with zero attached hydrogens (tertiary/aromatic N) is 2. The predicted octanol–water partition coefficient (Wildman–Crippen LogP) is 3.53. The third kappa shape index (κ3) is 4.08. The average molecular weight is 514 g/mol. The molecule has 2 N–H and O–H groups in total. The van der Waals surface area contributed by atoms with Crippen molar-refractivity contribution in [1.29, 1.82) is 0 Å². The van der Waals surface area contributed by atoms with Crippen LogP contribution in [0.15, 0.2) is 42.5 Å². The average Bonchev–Trinajstić information content (AvgIpc) is 3.10. The quantitative estimate of drug-likeness (QED) is 0.468. The van der Waals surface area contributed by atoms with E-state index in [9.17, 15) is 18.9 Å². The van der Waals surface area contributed by atoms with Crippen molar-refractivity contribution in [3.05, 3.63) is 64.8 Å². The summed E-state index contributed by atoms with van der Waals surface area (Å²) in [5, 5.41) is 10.5. The minimum atomic E-state index is -2.10. The first-order valence-electron chi connectivity index (χ1n) is 11.5. The third-order valence-corrected chi connectivity index (χ3v) is 8.45. The van der Waals surface area contributed by atoms with Crippen molar-refractivity contribution < 1.29 is 27.9 Å². The van der Waals surface area contributed by atoms with Crippen molar-refractivity contribution in [2.75, 3.05) is 7.11 Å². The van der Waals surface area contributed by atoms with Gasteiger partial charge in [0.05, 0.1) is 13.7 Å². The van der Waals surface area contributed by atoms with Crippen LogP contribution < -0.4 is 9.66 Å². The predicted molar refractivity (Wildman–Crippen MR) is 136 cm³/mol. The van der Waals surface area contributed by atoms with Gasteiger partial charge >= 0.3 is 5.97 Å². The first kappa shape index (κ1) is 25.9. The maximum Gasteiger partial charge on any atom is 0.323 e. The van der Waals surface area contributed by atoms with Crippen LogP contribution in [0.2, 0.25) is 0 Å². The Balaban J connectivity index is 1.95. The molecule has 1 aromatic heterocycles. The number of rotatable bonds is 7. The van der Waals surface area contributed by atoms with Gasteiger partial charge in [-0.3, -0.25) is 14.4 Å². The molecule has 1 aliphatic heterocycles. The molecule has 2 heterocycles. The van der Waals surface area contributed by atoms with E-state index >= 15 is 0 Å². The molecule has 0 radical (unpaired) electrons. The van der Waals surface area contributed by atoms with Crippen LogP contribution in [0.4, 0.5) is 0 Å². The number of aromatic nitrogens is 1. The van der Waals surface area contributed by atoms with Crippen LogP contribution in [0.5, 0.6) is 5.75 Å². The number of benzene rings is 2. The highest BCUT2D eigenvalue weighted by molar-refractivity contribution is 7.78. The molecule has 0 saturated carbocycles. The molecule has 3 aromatic rings. The number of aliphatic carboxylic acids is 1. The minimum absolute atomic E-state index is 0.0197. The molecule has 0 fully saturated rings. The highest BCUT2D eigenvalue weighted by atomic mass is 32.2. The molecular weight excluding hydrogens is 482 g/mol. The van der Waals surface area contributed by atoms with E-state index in [1.807, 2.05) is 58.0 Å². The lowest BCUT2D eigenvalue weighted by Crippen LogP contribution is -2.68. The van der Waals surface area contributed by atoms with Crippen molar-refractivity contribution in [3.8, 4) is 5.75 Å². The molecule has 9 nitrogen and oxygen atoms in total. The zero-order valence-corrected chi connectivity index (χ0v) is 22.1. The fourth-order valence-corrected chi connectivity index (χ4v) is 6.26. The first-order valence-corrected chi connectivity index (χ1v) is 12.6. The van der Waals surface area contributed by atoms with E-state index in [1.54, 1.807) is 23.6 Å². The zero-order valence-electron chi connectivity index (χ0n) is 21.2. The van der Waals surface area contributed by atoms with E-state index in [2.05, 4.69) is 5.48 Å². The van der Waals surface area contributed by atoms with Gasteiger partial charge in [-0.15, -0.1) is 0 Å². The van der Waals surface area contributed by atoms with Crippen molar-refractivity contribution in [1.82, 2.24) is 14.4 Å². The van der Waals surface area contributed by atoms with Gasteiger partial charge in [0.25, 0.3) is 17.2 Å². The summed E-state index contributed by atoms with van der Waals surface area (Å²) < 4.78 is 22.7. The molecule has 2 atom stereocenters. The third-order valence-electron chi connectivity index (χ3n) is 7.26. The van der Waals surface area contributed by atoms with E-state index < -0.39 is 34.1 Å². The topological polar surface area (TPSA) is 110 Å². The lowest BCUT2D eigenvalue weighted by Gasteiger charge is -2.51. The fraction of sp³-hybridized carbons (Fsp3) is 0.385. The largest absolute Gasteiger partial charge is 0.480 e. The highest BCUT2D eigenvalue weighted by Gasteiger charge is 2.60. The summed E-state index contributed by atoms with van der Waals surface area (Å²) in [6.07, 6.45) is 0. The molecule has 0 aliphatic carbocycles. The Morgan fingerprint density at radius 3 is 2.33 bits per heavy atom. The summed E-state index contributed by atoms with van der Waals surface area (Å²) in [6.45, 7) is 9.13. The maximum atomic E-state index is 13.7. The van der Waals surface area contributed by atoms with E-state index in [0.717, 1.165) is 27.6 Å². The molecule has 4 rings (SSSR count). The number of hydrogen-bond acceptors (Lipinski definition) is 5. The Labute approximate surface area is 212 Å². The molecule has 0 spiro atoms. The van der Waals surface area contributed by atoms with E-state index in [1.165, 1.54) is 11.4 Å². The second-order valence-corrected chi connectivity index (χ2v) is 10.8.